The Morgan fingerprint density at radius 1 is 1.33 bits per heavy atom. The van der Waals surface area contributed by atoms with Crippen LogP contribution >= 0.6 is 0 Å². The number of nitriles is 1. The van der Waals surface area contributed by atoms with Crippen molar-refractivity contribution in [3.05, 3.63) is 23.3 Å². The van der Waals surface area contributed by atoms with Gasteiger partial charge in [0, 0.05) is 6.54 Å². The molecule has 0 amide bonds. The van der Waals surface area contributed by atoms with Gasteiger partial charge < -0.3 is 4.90 Å². The molecule has 0 spiro atoms. The molecule has 15 heavy (non-hydrogen) atoms. The summed E-state index contributed by atoms with van der Waals surface area (Å²) in [5.41, 5.74) is 1.92. The Labute approximate surface area is 93.9 Å². The molecule has 0 aromatic rings. The second-order valence-corrected chi connectivity index (χ2v) is 3.72. The predicted octanol–water partition coefficient (Wildman–Crippen LogP) is 3.13. The van der Waals surface area contributed by atoms with Crippen molar-refractivity contribution >= 4 is 0 Å². The number of allylic oxidation sites excluding steroid dienone is 2. The van der Waals surface area contributed by atoms with Crippen LogP contribution in [0.25, 0.3) is 0 Å². The first-order valence-electron chi connectivity index (χ1n) is 5.60. The smallest absolute Gasteiger partial charge is 0.0991 e. The molecule has 2 nitrogen and oxygen atoms in total. The third kappa shape index (κ3) is 5.39. The van der Waals surface area contributed by atoms with Crippen LogP contribution in [0.4, 0.5) is 0 Å². The zero-order chi connectivity index (χ0) is 11.7. The zero-order valence-electron chi connectivity index (χ0n) is 10.4. The molecule has 0 aromatic heterocycles. The Hall–Kier alpha value is -1.07. The van der Waals surface area contributed by atoms with Gasteiger partial charge in [-0.2, -0.15) is 5.26 Å². The average molecular weight is 206 g/mol. The minimum absolute atomic E-state index is 0.792. The van der Waals surface area contributed by atoms with Crippen LogP contribution in [-0.4, -0.2) is 25.0 Å². The number of hydrogen-bond donors (Lipinski definition) is 0. The molecule has 0 fully saturated rings. The van der Waals surface area contributed by atoms with Gasteiger partial charge in [-0.25, -0.2) is 0 Å². The fourth-order valence-electron chi connectivity index (χ4n) is 1.45. The molecule has 0 heterocycles. The molecule has 0 rings (SSSR count). The lowest BCUT2D eigenvalue weighted by atomic mass is 10.1. The van der Waals surface area contributed by atoms with Crippen LogP contribution in [0.5, 0.6) is 0 Å². The van der Waals surface area contributed by atoms with E-state index in [1.165, 1.54) is 12.8 Å². The summed E-state index contributed by atoms with van der Waals surface area (Å²) in [5.74, 6) is 0. The quantitative estimate of drug-likeness (QED) is 0.493. The summed E-state index contributed by atoms with van der Waals surface area (Å²) in [5, 5.41) is 8.94. The molecule has 2 heteroatoms. The lowest BCUT2D eigenvalue weighted by Crippen LogP contribution is -2.22. The number of nitrogens with zero attached hydrogens (tertiary/aromatic N) is 2. The van der Waals surface area contributed by atoms with E-state index in [4.69, 9.17) is 5.26 Å². The van der Waals surface area contributed by atoms with Crippen molar-refractivity contribution in [2.24, 2.45) is 0 Å². The molecule has 0 unspecified atom stereocenters. The van der Waals surface area contributed by atoms with E-state index in [1.54, 1.807) is 0 Å². The maximum absolute atomic E-state index is 8.94. The molecule has 84 valence electrons. The minimum atomic E-state index is 0.792. The van der Waals surface area contributed by atoms with E-state index in [0.29, 0.717) is 0 Å². The first kappa shape index (κ1) is 13.9. The van der Waals surface area contributed by atoms with Gasteiger partial charge in [-0.3, -0.25) is 0 Å². The van der Waals surface area contributed by atoms with Crippen LogP contribution < -0.4 is 0 Å². The van der Waals surface area contributed by atoms with Gasteiger partial charge in [0.25, 0.3) is 0 Å². The van der Waals surface area contributed by atoms with E-state index in [1.807, 2.05) is 26.0 Å². The minimum Gasteiger partial charge on any atom is -0.302 e. The van der Waals surface area contributed by atoms with E-state index >= 15 is 0 Å². The average Bonchev–Trinajstić information content (AvgIpc) is 2.26. The highest BCUT2D eigenvalue weighted by Crippen LogP contribution is 2.10. The molecule has 0 aromatic carbocycles. The highest BCUT2D eigenvalue weighted by molar-refractivity contribution is 5.41. The number of unbranched alkanes of at least 4 members (excludes halogenated alkanes) is 1. The first-order valence-corrected chi connectivity index (χ1v) is 5.60. The lowest BCUT2D eigenvalue weighted by Gasteiger charge is -2.17. The monoisotopic (exact) mass is 206 g/mol. The molecule has 0 aliphatic heterocycles. The van der Waals surface area contributed by atoms with Gasteiger partial charge in [-0.1, -0.05) is 25.5 Å². The second-order valence-electron chi connectivity index (χ2n) is 3.72. The molecule has 0 bridgehead atoms. The van der Waals surface area contributed by atoms with Crippen LogP contribution in [0.2, 0.25) is 0 Å². The Morgan fingerprint density at radius 3 is 2.40 bits per heavy atom. The van der Waals surface area contributed by atoms with Gasteiger partial charge in [0.05, 0.1) is 11.6 Å². The van der Waals surface area contributed by atoms with Crippen molar-refractivity contribution in [2.75, 3.05) is 20.1 Å². The summed E-state index contributed by atoms with van der Waals surface area (Å²) in [6, 6.07) is 2.23. The molecule has 0 saturated carbocycles. The zero-order valence-corrected chi connectivity index (χ0v) is 10.4. The maximum atomic E-state index is 8.94. The Balaban J connectivity index is 4.30. The summed E-state index contributed by atoms with van der Waals surface area (Å²) < 4.78 is 0. The molecule has 0 atom stereocenters. The Morgan fingerprint density at radius 2 is 2.00 bits per heavy atom. The fourth-order valence-corrected chi connectivity index (χ4v) is 1.45. The second kappa shape index (κ2) is 8.26. The van der Waals surface area contributed by atoms with Crippen molar-refractivity contribution in [3.8, 4) is 6.07 Å². The predicted molar refractivity (Wildman–Crippen MR) is 65.5 cm³/mol. The highest BCUT2D eigenvalue weighted by atomic mass is 15.1. The van der Waals surface area contributed by atoms with Gasteiger partial charge in [-0.15, -0.1) is 0 Å². The van der Waals surface area contributed by atoms with Crippen molar-refractivity contribution in [1.82, 2.24) is 4.90 Å². The van der Waals surface area contributed by atoms with Gasteiger partial charge in [0.15, 0.2) is 0 Å². The van der Waals surface area contributed by atoms with Crippen LogP contribution in [0.1, 0.15) is 33.6 Å². The molecular weight excluding hydrogens is 184 g/mol. The van der Waals surface area contributed by atoms with E-state index in [9.17, 15) is 0 Å². The third-order valence-electron chi connectivity index (χ3n) is 2.44. The van der Waals surface area contributed by atoms with E-state index in [2.05, 4.69) is 24.9 Å². The van der Waals surface area contributed by atoms with E-state index in [0.717, 1.165) is 24.2 Å². The van der Waals surface area contributed by atoms with Crippen molar-refractivity contribution in [1.29, 1.82) is 5.26 Å². The third-order valence-corrected chi connectivity index (χ3v) is 2.44. The molecular formula is C13H22N2. The van der Waals surface area contributed by atoms with Gasteiger partial charge in [-0.05, 0) is 39.4 Å². The van der Waals surface area contributed by atoms with Crippen LogP contribution in [0.3, 0.4) is 0 Å². The maximum Gasteiger partial charge on any atom is 0.0991 e. The molecule has 0 saturated heterocycles. The van der Waals surface area contributed by atoms with Crippen LogP contribution in [0.15, 0.2) is 23.3 Å². The van der Waals surface area contributed by atoms with Gasteiger partial charge in [0.1, 0.15) is 0 Å². The van der Waals surface area contributed by atoms with E-state index < -0.39 is 0 Å². The first-order chi connectivity index (χ1) is 7.19. The Bertz CT molecular complexity index is 269. The molecule has 0 aliphatic carbocycles. The lowest BCUT2D eigenvalue weighted by molar-refractivity contribution is 0.356. The largest absolute Gasteiger partial charge is 0.302 e. The number of hydrogen-bond acceptors (Lipinski definition) is 2. The van der Waals surface area contributed by atoms with Crippen LogP contribution in [-0.2, 0) is 0 Å². The fraction of sp³-hybridized carbons (Fsp3) is 0.615. The molecule has 0 aliphatic rings. The molecule has 0 radical (unpaired) electrons. The number of likely N-dealkylation sites (N-methyl/N-ethyl adjacent to an activating group) is 1. The van der Waals surface area contributed by atoms with Crippen molar-refractivity contribution in [2.45, 2.75) is 33.6 Å². The summed E-state index contributed by atoms with van der Waals surface area (Å²) in [6.07, 6.45) is 6.33. The van der Waals surface area contributed by atoms with Crippen molar-refractivity contribution < 1.29 is 0 Å². The van der Waals surface area contributed by atoms with Crippen LogP contribution in [0, 0.1) is 11.3 Å². The summed E-state index contributed by atoms with van der Waals surface area (Å²) in [4.78, 5) is 2.26. The Kier molecular flexibility index (Phi) is 7.67. The molecule has 0 N–H and O–H groups in total. The number of rotatable bonds is 6. The summed E-state index contributed by atoms with van der Waals surface area (Å²) in [6.45, 7) is 8.05. The van der Waals surface area contributed by atoms with Gasteiger partial charge >= 0.3 is 0 Å². The standard InChI is InChI=1S/C13H22N2/c1-5-8-9-15(4)11-13(7-3)12(6-2)10-14/h6-7H,5,8-9,11H2,1-4H3/b12-6-,13-7-. The highest BCUT2D eigenvalue weighted by Gasteiger charge is 2.05. The van der Waals surface area contributed by atoms with E-state index in [-0.39, 0.29) is 0 Å². The SMILES string of the molecule is C/C=C(C#N)\C(=C/C)CN(C)CCCC. The van der Waals surface area contributed by atoms with Gasteiger partial charge in [0.2, 0.25) is 0 Å². The topological polar surface area (TPSA) is 27.0 Å². The summed E-state index contributed by atoms with van der Waals surface area (Å²) >= 11 is 0. The van der Waals surface area contributed by atoms with Crippen molar-refractivity contribution in [3.63, 3.8) is 0 Å². The normalized spacial score (nSPS) is 13.1. The summed E-state index contributed by atoms with van der Waals surface area (Å²) in [7, 11) is 2.10.